The molecule has 3 aromatic heterocycles. The number of ether oxygens (including phenoxy) is 2. The van der Waals surface area contributed by atoms with Crippen LogP contribution < -0.4 is 10.5 Å². The molecule has 1 aliphatic rings. The molecule has 5 aromatic rings. The van der Waals surface area contributed by atoms with Crippen LogP contribution in [0.2, 0.25) is 5.02 Å². The number of aromatic amines is 2. The second-order valence-corrected chi connectivity index (χ2v) is 9.43. The molecule has 0 bridgehead atoms. The number of hydrogen-bond acceptors (Lipinski definition) is 8. The van der Waals surface area contributed by atoms with Gasteiger partial charge in [-0.05, 0) is 17.2 Å². The molecule has 0 saturated carbocycles. The molecule has 38 heavy (non-hydrogen) atoms. The summed E-state index contributed by atoms with van der Waals surface area (Å²) >= 11 is 6.56. The van der Waals surface area contributed by atoms with Crippen LogP contribution in [-0.2, 0) is 4.74 Å². The molecule has 0 amide bonds. The summed E-state index contributed by atoms with van der Waals surface area (Å²) in [6, 6.07) is 17.6. The lowest BCUT2D eigenvalue weighted by Gasteiger charge is -2.31. The number of aromatic nitrogens is 4. The first-order valence-electron chi connectivity index (χ1n) is 12.0. The van der Waals surface area contributed by atoms with Crippen LogP contribution in [0, 0.1) is 0 Å². The second-order valence-electron chi connectivity index (χ2n) is 9.03. The number of hydrogen-bond donors (Lipinski definition) is 4. The minimum absolute atomic E-state index is 0.233. The number of fused-ring (bicyclic) bond motifs is 1. The molecule has 11 heteroatoms. The van der Waals surface area contributed by atoms with Gasteiger partial charge in [-0.1, -0.05) is 60.1 Å². The highest BCUT2D eigenvalue weighted by Crippen LogP contribution is 2.32. The fourth-order valence-corrected chi connectivity index (χ4v) is 4.73. The fourth-order valence-electron chi connectivity index (χ4n) is 4.47. The minimum Gasteiger partial charge on any atom is -0.459 e. The van der Waals surface area contributed by atoms with Crippen molar-refractivity contribution in [2.75, 3.05) is 13.2 Å². The standard InChI is InChI=1S/C27H23ClN4O6/c28-19-10-20-25(32-26(30-20)37-18-9-21(34)23(12-33)36-13-18)31-24(19)17-7-3-15(4-8-17)14-1-5-16(6-2-14)22-11-29-27(35)38-22/h1-8,10-11,18,21,23,33-34H,9,12-13H2,(H,29,35)(H,30,31,32). The highest BCUT2D eigenvalue weighted by molar-refractivity contribution is 6.33. The van der Waals surface area contributed by atoms with Crippen molar-refractivity contribution in [2.24, 2.45) is 0 Å². The summed E-state index contributed by atoms with van der Waals surface area (Å²) in [7, 11) is 0. The van der Waals surface area contributed by atoms with Crippen LogP contribution in [-0.4, -0.2) is 61.7 Å². The molecule has 10 nitrogen and oxygen atoms in total. The maximum atomic E-state index is 11.2. The van der Waals surface area contributed by atoms with E-state index in [1.54, 1.807) is 6.07 Å². The first-order valence-corrected chi connectivity index (χ1v) is 12.4. The lowest BCUT2D eigenvalue weighted by atomic mass is 10.0. The Morgan fingerprint density at radius 2 is 1.71 bits per heavy atom. The Morgan fingerprint density at radius 3 is 2.34 bits per heavy atom. The molecule has 3 unspecified atom stereocenters. The number of H-pyrrole nitrogens is 2. The zero-order valence-electron chi connectivity index (χ0n) is 19.9. The number of rotatable bonds is 6. The fraction of sp³-hybridized carbons (Fsp3) is 0.222. The van der Waals surface area contributed by atoms with Crippen molar-refractivity contribution in [3.63, 3.8) is 0 Å². The number of aliphatic hydroxyl groups is 2. The van der Waals surface area contributed by atoms with Crippen LogP contribution in [0.25, 0.3) is 44.9 Å². The second kappa shape index (κ2) is 10.1. The SMILES string of the molecule is O=c1[nH]cc(-c2ccc(-c3ccc(-c4nc5nc(OC6COC(CO)C(O)C6)[nH]c5cc4Cl)cc3)cc2)o1. The third kappa shape index (κ3) is 4.82. The lowest BCUT2D eigenvalue weighted by molar-refractivity contribution is -0.131. The number of imidazole rings is 1. The quantitative estimate of drug-likeness (QED) is 0.257. The van der Waals surface area contributed by atoms with Gasteiger partial charge in [0.1, 0.15) is 12.2 Å². The Labute approximate surface area is 220 Å². The van der Waals surface area contributed by atoms with E-state index in [2.05, 4.69) is 19.9 Å². The van der Waals surface area contributed by atoms with E-state index in [9.17, 15) is 15.0 Å². The zero-order chi connectivity index (χ0) is 26.2. The molecule has 6 rings (SSSR count). The largest absolute Gasteiger partial charge is 0.459 e. The summed E-state index contributed by atoms with van der Waals surface area (Å²) in [6.07, 6.45) is 0.0273. The van der Waals surface area contributed by atoms with Gasteiger partial charge in [-0.25, -0.2) is 9.78 Å². The number of pyridine rings is 1. The third-order valence-electron chi connectivity index (χ3n) is 6.48. The van der Waals surface area contributed by atoms with Gasteiger partial charge >= 0.3 is 5.76 Å². The van der Waals surface area contributed by atoms with Crippen LogP contribution in [0.1, 0.15) is 6.42 Å². The van der Waals surface area contributed by atoms with Gasteiger partial charge in [0.05, 0.1) is 41.7 Å². The molecule has 1 aliphatic heterocycles. The van der Waals surface area contributed by atoms with Gasteiger partial charge in [-0.15, -0.1) is 0 Å². The number of halogens is 1. The number of nitrogens with zero attached hydrogens (tertiary/aromatic N) is 2. The molecule has 2 aromatic carbocycles. The molecular formula is C27H23ClN4O6. The van der Waals surface area contributed by atoms with Crippen molar-refractivity contribution < 1.29 is 24.1 Å². The van der Waals surface area contributed by atoms with Crippen LogP contribution in [0.5, 0.6) is 6.01 Å². The van der Waals surface area contributed by atoms with Crippen molar-refractivity contribution in [1.82, 2.24) is 19.9 Å². The van der Waals surface area contributed by atoms with E-state index in [0.717, 1.165) is 22.3 Å². The van der Waals surface area contributed by atoms with Crippen molar-refractivity contribution in [1.29, 1.82) is 0 Å². The van der Waals surface area contributed by atoms with E-state index in [1.807, 2.05) is 48.5 Å². The molecule has 4 heterocycles. The van der Waals surface area contributed by atoms with Crippen molar-refractivity contribution in [3.8, 4) is 39.7 Å². The average molecular weight is 535 g/mol. The van der Waals surface area contributed by atoms with Crippen molar-refractivity contribution >= 4 is 22.8 Å². The first kappa shape index (κ1) is 24.4. The van der Waals surface area contributed by atoms with Crippen LogP contribution in [0.3, 0.4) is 0 Å². The van der Waals surface area contributed by atoms with Gasteiger partial charge in [0.25, 0.3) is 6.01 Å². The Bertz CT molecular complexity index is 1630. The van der Waals surface area contributed by atoms with Gasteiger partial charge < -0.3 is 29.1 Å². The number of aliphatic hydroxyl groups excluding tert-OH is 2. The van der Waals surface area contributed by atoms with Crippen LogP contribution in [0.15, 0.2) is 70.0 Å². The predicted molar refractivity (Wildman–Crippen MR) is 140 cm³/mol. The Hall–Kier alpha value is -3.96. The number of nitrogens with one attached hydrogen (secondary N) is 2. The molecule has 3 atom stereocenters. The van der Waals surface area contributed by atoms with Crippen molar-refractivity contribution in [3.05, 3.63) is 76.4 Å². The normalized spacial score (nSPS) is 19.6. The summed E-state index contributed by atoms with van der Waals surface area (Å²) in [6.45, 7) is -0.0116. The van der Waals surface area contributed by atoms with Gasteiger partial charge in [0, 0.05) is 17.5 Å². The Kier molecular flexibility index (Phi) is 6.46. The molecule has 0 spiro atoms. The number of oxazole rings is 1. The molecule has 194 valence electrons. The molecule has 1 saturated heterocycles. The van der Waals surface area contributed by atoms with Crippen LogP contribution in [0.4, 0.5) is 0 Å². The highest BCUT2D eigenvalue weighted by Gasteiger charge is 2.31. The van der Waals surface area contributed by atoms with Crippen LogP contribution >= 0.6 is 11.6 Å². The molecule has 4 N–H and O–H groups in total. The molecular weight excluding hydrogens is 512 g/mol. The third-order valence-corrected chi connectivity index (χ3v) is 6.77. The summed E-state index contributed by atoms with van der Waals surface area (Å²) < 4.78 is 16.4. The summed E-state index contributed by atoms with van der Waals surface area (Å²) in [5.74, 6) is -0.000706. The smallest absolute Gasteiger partial charge is 0.416 e. The summed E-state index contributed by atoms with van der Waals surface area (Å²) in [5, 5.41) is 19.8. The maximum Gasteiger partial charge on any atom is 0.416 e. The van der Waals surface area contributed by atoms with E-state index in [4.69, 9.17) is 25.5 Å². The summed E-state index contributed by atoms with van der Waals surface area (Å²) in [4.78, 5) is 25.9. The monoisotopic (exact) mass is 534 g/mol. The number of benzene rings is 2. The molecule has 1 fully saturated rings. The molecule has 0 radical (unpaired) electrons. The minimum atomic E-state index is -0.815. The van der Waals surface area contributed by atoms with Gasteiger partial charge in [0.15, 0.2) is 11.4 Å². The topological polar surface area (TPSA) is 146 Å². The van der Waals surface area contributed by atoms with E-state index < -0.39 is 24.1 Å². The Balaban J connectivity index is 1.20. The van der Waals surface area contributed by atoms with Gasteiger partial charge in [-0.3, -0.25) is 4.98 Å². The van der Waals surface area contributed by atoms with Crippen molar-refractivity contribution in [2.45, 2.75) is 24.7 Å². The first-order chi connectivity index (χ1) is 18.5. The van der Waals surface area contributed by atoms with Gasteiger partial charge in [0.2, 0.25) is 0 Å². The zero-order valence-corrected chi connectivity index (χ0v) is 20.7. The lowest BCUT2D eigenvalue weighted by Crippen LogP contribution is -2.45. The van der Waals surface area contributed by atoms with E-state index in [0.29, 0.717) is 34.1 Å². The van der Waals surface area contributed by atoms with E-state index >= 15 is 0 Å². The average Bonchev–Trinajstić information content (AvgIpc) is 3.53. The highest BCUT2D eigenvalue weighted by atomic mass is 35.5. The van der Waals surface area contributed by atoms with E-state index in [-0.39, 0.29) is 19.2 Å². The van der Waals surface area contributed by atoms with E-state index in [1.165, 1.54) is 6.20 Å². The van der Waals surface area contributed by atoms with Gasteiger partial charge in [-0.2, -0.15) is 4.98 Å². The maximum absolute atomic E-state index is 11.2. The predicted octanol–water partition coefficient (Wildman–Crippen LogP) is 3.78. The molecule has 0 aliphatic carbocycles. The summed E-state index contributed by atoms with van der Waals surface area (Å²) in [5.41, 5.74) is 5.29. The Morgan fingerprint density at radius 1 is 1.03 bits per heavy atom.